The monoisotopic (exact) mass is 334 g/mol. The third kappa shape index (κ3) is 3.40. The summed E-state index contributed by atoms with van der Waals surface area (Å²) in [6, 6.07) is 5.22. The molecule has 110 valence electrons. The molecule has 0 heterocycles. The van der Waals surface area contributed by atoms with Gasteiger partial charge in [0.1, 0.15) is 0 Å². The molecule has 0 radical (unpaired) electrons. The van der Waals surface area contributed by atoms with E-state index in [-0.39, 0.29) is 15.7 Å². The fourth-order valence-electron chi connectivity index (χ4n) is 1.51. The van der Waals surface area contributed by atoms with Crippen LogP contribution in [0.25, 0.3) is 0 Å². The Hall–Kier alpha value is -1.92. The second-order valence-electron chi connectivity index (χ2n) is 3.90. The summed E-state index contributed by atoms with van der Waals surface area (Å²) in [6.07, 6.45) is 0. The highest BCUT2D eigenvalue weighted by Gasteiger charge is 2.16. The van der Waals surface area contributed by atoms with Crippen LogP contribution in [0.3, 0.4) is 0 Å². The van der Waals surface area contributed by atoms with E-state index in [9.17, 15) is 18.0 Å². The van der Waals surface area contributed by atoms with Crippen molar-refractivity contribution >= 4 is 40.6 Å². The van der Waals surface area contributed by atoms with Crippen LogP contribution < -0.4 is 10.6 Å². The minimum absolute atomic E-state index is 0.112. The number of halogens is 5. The Balaban J connectivity index is 2.18. The minimum Gasteiger partial charge on any atom is -0.305 e. The van der Waals surface area contributed by atoms with Crippen LogP contribution >= 0.6 is 23.2 Å². The lowest BCUT2D eigenvalue weighted by Gasteiger charge is -2.11. The summed E-state index contributed by atoms with van der Waals surface area (Å²) < 4.78 is 39.2. The molecule has 2 N–H and O–H groups in total. The van der Waals surface area contributed by atoms with Crippen molar-refractivity contribution in [2.24, 2.45) is 0 Å². The van der Waals surface area contributed by atoms with Gasteiger partial charge in [-0.05, 0) is 24.3 Å². The minimum atomic E-state index is -1.68. The Kier molecular flexibility index (Phi) is 4.59. The Bertz CT molecular complexity index is 690. The maximum atomic E-state index is 13.4. The van der Waals surface area contributed by atoms with Gasteiger partial charge in [0.2, 0.25) is 0 Å². The Labute approximate surface area is 127 Å². The lowest BCUT2D eigenvalue weighted by atomic mass is 10.3. The zero-order valence-electron chi connectivity index (χ0n) is 10.2. The van der Waals surface area contributed by atoms with Crippen molar-refractivity contribution in [3.05, 3.63) is 57.8 Å². The van der Waals surface area contributed by atoms with Gasteiger partial charge in [-0.1, -0.05) is 29.3 Å². The van der Waals surface area contributed by atoms with Crippen LogP contribution in [-0.2, 0) is 0 Å². The molecule has 0 saturated carbocycles. The van der Waals surface area contributed by atoms with Crippen molar-refractivity contribution in [1.29, 1.82) is 0 Å². The highest BCUT2D eigenvalue weighted by molar-refractivity contribution is 6.39. The highest BCUT2D eigenvalue weighted by Crippen LogP contribution is 2.30. The summed E-state index contributed by atoms with van der Waals surface area (Å²) in [5.41, 5.74) is -0.407. The fourth-order valence-corrected chi connectivity index (χ4v) is 2.00. The molecule has 2 aromatic rings. The van der Waals surface area contributed by atoms with Gasteiger partial charge >= 0.3 is 6.03 Å². The molecule has 3 nitrogen and oxygen atoms in total. The van der Waals surface area contributed by atoms with Gasteiger partial charge < -0.3 is 10.6 Å². The predicted octanol–water partition coefficient (Wildman–Crippen LogP) is 5.05. The first-order valence-electron chi connectivity index (χ1n) is 5.55. The van der Waals surface area contributed by atoms with Crippen molar-refractivity contribution < 1.29 is 18.0 Å². The number of rotatable bonds is 2. The Morgan fingerprint density at radius 3 is 2.14 bits per heavy atom. The molecule has 0 fully saturated rings. The normalized spacial score (nSPS) is 10.3. The maximum Gasteiger partial charge on any atom is 0.323 e. The third-order valence-electron chi connectivity index (χ3n) is 2.48. The second-order valence-corrected chi connectivity index (χ2v) is 4.71. The van der Waals surface area contributed by atoms with Crippen LogP contribution in [0.2, 0.25) is 10.0 Å². The standard InChI is InChI=1S/C13H7Cl2F3N2O/c14-6-2-1-3-7(15)12(6)20-13(21)19-9-5-4-8(16)10(17)11(9)18/h1-5H,(H2,19,20,21). The van der Waals surface area contributed by atoms with Crippen molar-refractivity contribution in [2.75, 3.05) is 10.6 Å². The number of carbonyl (C=O) groups excluding carboxylic acids is 1. The molecule has 0 saturated heterocycles. The SMILES string of the molecule is O=C(Nc1ccc(F)c(F)c1F)Nc1c(Cl)cccc1Cl. The molecule has 2 amide bonds. The lowest BCUT2D eigenvalue weighted by molar-refractivity contribution is 0.262. The van der Waals surface area contributed by atoms with Gasteiger partial charge in [0.25, 0.3) is 0 Å². The van der Waals surface area contributed by atoms with Crippen LogP contribution in [-0.4, -0.2) is 6.03 Å². The summed E-state index contributed by atoms with van der Waals surface area (Å²) in [4.78, 5) is 11.7. The zero-order valence-corrected chi connectivity index (χ0v) is 11.7. The van der Waals surface area contributed by atoms with Crippen LogP contribution in [0.15, 0.2) is 30.3 Å². The first kappa shape index (κ1) is 15.5. The van der Waals surface area contributed by atoms with E-state index < -0.39 is 29.2 Å². The molecule has 0 aromatic heterocycles. The van der Waals surface area contributed by atoms with E-state index >= 15 is 0 Å². The summed E-state index contributed by atoms with van der Waals surface area (Å²) >= 11 is 11.7. The van der Waals surface area contributed by atoms with Gasteiger partial charge in [-0.2, -0.15) is 0 Å². The van der Waals surface area contributed by atoms with E-state index in [2.05, 4.69) is 5.32 Å². The lowest BCUT2D eigenvalue weighted by Crippen LogP contribution is -2.21. The van der Waals surface area contributed by atoms with Crippen LogP contribution in [0.4, 0.5) is 29.3 Å². The van der Waals surface area contributed by atoms with Crippen molar-refractivity contribution in [1.82, 2.24) is 0 Å². The van der Waals surface area contributed by atoms with E-state index in [1.807, 2.05) is 5.32 Å². The predicted molar refractivity (Wildman–Crippen MR) is 75.4 cm³/mol. The first-order chi connectivity index (χ1) is 9.90. The molecule has 0 atom stereocenters. The Morgan fingerprint density at radius 2 is 1.52 bits per heavy atom. The number of urea groups is 1. The fraction of sp³-hybridized carbons (Fsp3) is 0. The second kappa shape index (κ2) is 6.24. The summed E-state index contributed by atoms with van der Waals surface area (Å²) in [5.74, 6) is -4.54. The molecule has 0 unspecified atom stereocenters. The van der Waals surface area contributed by atoms with E-state index in [0.717, 1.165) is 6.07 Å². The van der Waals surface area contributed by atoms with Crippen LogP contribution in [0.5, 0.6) is 0 Å². The van der Waals surface area contributed by atoms with E-state index in [1.54, 1.807) is 6.07 Å². The number of benzene rings is 2. The Morgan fingerprint density at radius 1 is 0.905 bits per heavy atom. The third-order valence-corrected chi connectivity index (χ3v) is 3.11. The average Bonchev–Trinajstić information content (AvgIpc) is 2.44. The molecule has 2 aromatic carbocycles. The number of anilines is 2. The molecule has 0 aliphatic heterocycles. The number of hydrogen-bond acceptors (Lipinski definition) is 1. The van der Waals surface area contributed by atoms with Crippen molar-refractivity contribution in [3.8, 4) is 0 Å². The maximum absolute atomic E-state index is 13.4. The number of para-hydroxylation sites is 1. The zero-order chi connectivity index (χ0) is 15.6. The smallest absolute Gasteiger partial charge is 0.305 e. The van der Waals surface area contributed by atoms with Gasteiger partial charge in [-0.15, -0.1) is 0 Å². The number of carbonyl (C=O) groups is 1. The number of hydrogen-bond donors (Lipinski definition) is 2. The molecule has 0 bridgehead atoms. The number of amides is 2. The quantitative estimate of drug-likeness (QED) is 0.741. The molecule has 0 aliphatic rings. The molecule has 8 heteroatoms. The van der Waals surface area contributed by atoms with Gasteiger partial charge in [0.15, 0.2) is 17.5 Å². The molecular weight excluding hydrogens is 328 g/mol. The van der Waals surface area contributed by atoms with Crippen LogP contribution in [0.1, 0.15) is 0 Å². The van der Waals surface area contributed by atoms with Gasteiger partial charge in [-0.3, -0.25) is 0 Å². The summed E-state index contributed by atoms with van der Waals surface area (Å²) in [7, 11) is 0. The van der Waals surface area contributed by atoms with Crippen LogP contribution in [0, 0.1) is 17.5 Å². The van der Waals surface area contributed by atoms with Gasteiger partial charge in [0, 0.05) is 0 Å². The first-order valence-corrected chi connectivity index (χ1v) is 6.31. The largest absolute Gasteiger partial charge is 0.323 e. The molecule has 0 aliphatic carbocycles. The molecule has 21 heavy (non-hydrogen) atoms. The molecular formula is C13H7Cl2F3N2O. The molecule has 0 spiro atoms. The summed E-state index contributed by atoms with van der Waals surface area (Å²) in [6.45, 7) is 0. The van der Waals surface area contributed by atoms with Crippen molar-refractivity contribution in [2.45, 2.75) is 0 Å². The number of nitrogens with one attached hydrogen (secondary N) is 2. The van der Waals surface area contributed by atoms with Crippen molar-refractivity contribution in [3.63, 3.8) is 0 Å². The van der Waals surface area contributed by atoms with E-state index in [1.165, 1.54) is 12.1 Å². The van der Waals surface area contributed by atoms with Gasteiger partial charge in [0.05, 0.1) is 21.4 Å². The average molecular weight is 335 g/mol. The van der Waals surface area contributed by atoms with E-state index in [0.29, 0.717) is 6.07 Å². The van der Waals surface area contributed by atoms with E-state index in [4.69, 9.17) is 23.2 Å². The topological polar surface area (TPSA) is 41.1 Å². The highest BCUT2D eigenvalue weighted by atomic mass is 35.5. The summed E-state index contributed by atoms with van der Waals surface area (Å²) in [5, 5.41) is 4.66. The molecule has 2 rings (SSSR count). The van der Waals surface area contributed by atoms with Gasteiger partial charge in [-0.25, -0.2) is 18.0 Å².